The van der Waals surface area contributed by atoms with Gasteiger partial charge in [-0.2, -0.15) is 5.26 Å². The van der Waals surface area contributed by atoms with E-state index in [-0.39, 0.29) is 0 Å². The third-order valence-electron chi connectivity index (χ3n) is 3.87. The number of rotatable bonds is 8. The fourth-order valence-electron chi connectivity index (χ4n) is 2.69. The Hall–Kier alpha value is -1.56. The third-order valence-corrected chi connectivity index (χ3v) is 3.87. The van der Waals surface area contributed by atoms with Gasteiger partial charge in [-0.15, -0.1) is 0 Å². The van der Waals surface area contributed by atoms with Gasteiger partial charge in [0.2, 0.25) is 5.88 Å². The molecule has 0 bridgehead atoms. The number of nitrogens with zero attached hydrogens (tertiary/aromatic N) is 2. The highest BCUT2D eigenvalue weighted by atomic mass is 16.5. The van der Waals surface area contributed by atoms with Crippen LogP contribution in [0, 0.1) is 11.3 Å². The molecule has 108 valence electrons. The summed E-state index contributed by atoms with van der Waals surface area (Å²) in [6.45, 7) is 2.90. The molecular weight excluding hydrogens is 248 g/mol. The Kier molecular flexibility index (Phi) is 5.86. The molecule has 2 rings (SSSR count). The molecule has 0 radical (unpaired) electrons. The number of hydrogen-bond donors (Lipinski definition) is 0. The molecule has 3 nitrogen and oxygen atoms in total. The van der Waals surface area contributed by atoms with Crippen LogP contribution in [0.25, 0.3) is 0 Å². The van der Waals surface area contributed by atoms with Crippen molar-refractivity contribution in [2.45, 2.75) is 64.7 Å². The van der Waals surface area contributed by atoms with Gasteiger partial charge in [0.1, 0.15) is 11.6 Å². The van der Waals surface area contributed by atoms with Crippen LogP contribution >= 0.6 is 0 Å². The van der Waals surface area contributed by atoms with Crippen molar-refractivity contribution in [3.63, 3.8) is 0 Å². The van der Waals surface area contributed by atoms with E-state index in [0.29, 0.717) is 18.1 Å². The number of nitriles is 1. The van der Waals surface area contributed by atoms with Gasteiger partial charge in [0.05, 0.1) is 6.61 Å². The summed E-state index contributed by atoms with van der Waals surface area (Å²) in [6.07, 6.45) is 10.7. The summed E-state index contributed by atoms with van der Waals surface area (Å²) in [5, 5.41) is 9.18. The fourth-order valence-corrected chi connectivity index (χ4v) is 2.69. The molecule has 0 N–H and O–H groups in total. The van der Waals surface area contributed by atoms with E-state index in [1.165, 1.54) is 37.7 Å². The van der Waals surface area contributed by atoms with E-state index >= 15 is 0 Å². The van der Waals surface area contributed by atoms with Crippen LogP contribution in [0.4, 0.5) is 0 Å². The predicted octanol–water partition coefficient (Wildman–Crippen LogP) is 4.18. The van der Waals surface area contributed by atoms with Crippen LogP contribution in [-0.4, -0.2) is 11.6 Å². The topological polar surface area (TPSA) is 45.9 Å². The quantitative estimate of drug-likeness (QED) is 0.667. The van der Waals surface area contributed by atoms with Crippen molar-refractivity contribution in [2.75, 3.05) is 6.61 Å². The maximum absolute atomic E-state index is 9.18. The monoisotopic (exact) mass is 272 g/mol. The van der Waals surface area contributed by atoms with Gasteiger partial charge in [0.15, 0.2) is 0 Å². The average molecular weight is 272 g/mol. The Morgan fingerprint density at radius 1 is 1.20 bits per heavy atom. The fraction of sp³-hybridized carbons (Fsp3) is 0.647. The van der Waals surface area contributed by atoms with Gasteiger partial charge < -0.3 is 4.74 Å². The summed E-state index contributed by atoms with van der Waals surface area (Å²) < 4.78 is 5.73. The van der Waals surface area contributed by atoms with E-state index in [1.807, 2.05) is 6.07 Å². The SMILES string of the molecule is CCCCCCCCOc1nc2c(cc1C#N)CCC2. The molecule has 1 aromatic rings. The van der Waals surface area contributed by atoms with Crippen molar-refractivity contribution in [1.82, 2.24) is 4.98 Å². The second-order valence-corrected chi connectivity index (χ2v) is 5.53. The molecule has 0 saturated carbocycles. The molecule has 0 aliphatic heterocycles. The number of fused-ring (bicyclic) bond motifs is 1. The van der Waals surface area contributed by atoms with Crippen LogP contribution in [-0.2, 0) is 12.8 Å². The molecule has 3 heteroatoms. The first-order chi connectivity index (χ1) is 9.85. The summed E-state index contributed by atoms with van der Waals surface area (Å²) in [5.41, 5.74) is 2.95. The molecule has 1 aromatic heterocycles. The van der Waals surface area contributed by atoms with Crippen molar-refractivity contribution in [2.24, 2.45) is 0 Å². The normalized spacial score (nSPS) is 13.0. The standard InChI is InChI=1S/C17H24N2O/c1-2-3-4-5-6-7-11-20-17-15(13-18)12-14-9-8-10-16(14)19-17/h12H,2-11H2,1H3. The Morgan fingerprint density at radius 3 is 2.80 bits per heavy atom. The van der Waals surface area contributed by atoms with Crippen molar-refractivity contribution in [3.05, 3.63) is 22.9 Å². The van der Waals surface area contributed by atoms with E-state index in [0.717, 1.165) is 31.4 Å². The van der Waals surface area contributed by atoms with Crippen molar-refractivity contribution >= 4 is 0 Å². The summed E-state index contributed by atoms with van der Waals surface area (Å²) in [6, 6.07) is 4.17. The molecule has 1 aliphatic carbocycles. The highest BCUT2D eigenvalue weighted by Gasteiger charge is 2.17. The zero-order valence-corrected chi connectivity index (χ0v) is 12.5. The van der Waals surface area contributed by atoms with Gasteiger partial charge in [-0.25, -0.2) is 4.98 Å². The molecular formula is C17H24N2O. The number of aromatic nitrogens is 1. The lowest BCUT2D eigenvalue weighted by atomic mass is 10.1. The third kappa shape index (κ3) is 3.96. The predicted molar refractivity (Wildman–Crippen MR) is 79.8 cm³/mol. The van der Waals surface area contributed by atoms with Gasteiger partial charge in [-0.05, 0) is 37.3 Å². The minimum Gasteiger partial charge on any atom is -0.477 e. The summed E-state index contributed by atoms with van der Waals surface area (Å²) >= 11 is 0. The van der Waals surface area contributed by atoms with E-state index in [2.05, 4.69) is 18.0 Å². The maximum atomic E-state index is 9.18. The van der Waals surface area contributed by atoms with Crippen molar-refractivity contribution in [1.29, 1.82) is 5.26 Å². The van der Waals surface area contributed by atoms with Crippen LogP contribution in [0.3, 0.4) is 0 Å². The zero-order valence-electron chi connectivity index (χ0n) is 12.5. The van der Waals surface area contributed by atoms with Crippen LogP contribution in [0.2, 0.25) is 0 Å². The van der Waals surface area contributed by atoms with E-state index in [1.54, 1.807) is 0 Å². The van der Waals surface area contributed by atoms with Crippen molar-refractivity contribution in [3.8, 4) is 11.9 Å². The first-order valence-electron chi connectivity index (χ1n) is 7.91. The van der Waals surface area contributed by atoms with E-state index in [4.69, 9.17) is 4.74 Å². The average Bonchev–Trinajstić information content (AvgIpc) is 2.92. The minimum absolute atomic E-state index is 0.543. The number of pyridine rings is 1. The largest absolute Gasteiger partial charge is 0.477 e. The molecule has 0 spiro atoms. The molecule has 0 atom stereocenters. The Morgan fingerprint density at radius 2 is 2.00 bits per heavy atom. The highest BCUT2D eigenvalue weighted by Crippen LogP contribution is 2.26. The van der Waals surface area contributed by atoms with Crippen molar-refractivity contribution < 1.29 is 4.74 Å². The number of unbranched alkanes of at least 4 members (excludes halogenated alkanes) is 5. The Bertz CT molecular complexity index is 477. The van der Waals surface area contributed by atoms with Gasteiger partial charge in [-0.1, -0.05) is 39.0 Å². The smallest absolute Gasteiger partial charge is 0.231 e. The first-order valence-corrected chi connectivity index (χ1v) is 7.91. The van der Waals surface area contributed by atoms with Gasteiger partial charge in [0, 0.05) is 5.69 Å². The highest BCUT2D eigenvalue weighted by molar-refractivity contribution is 5.44. The Labute approximate surface area is 122 Å². The lowest BCUT2D eigenvalue weighted by Gasteiger charge is -2.09. The second kappa shape index (κ2) is 7.89. The number of ether oxygens (including phenoxy) is 1. The van der Waals surface area contributed by atoms with Crippen LogP contribution < -0.4 is 4.74 Å². The van der Waals surface area contributed by atoms with Crippen LogP contribution in [0.15, 0.2) is 6.07 Å². The number of aryl methyl sites for hydroxylation is 2. The lowest BCUT2D eigenvalue weighted by Crippen LogP contribution is -2.03. The zero-order chi connectivity index (χ0) is 14.2. The Balaban J connectivity index is 1.79. The van der Waals surface area contributed by atoms with Gasteiger partial charge in [0.25, 0.3) is 0 Å². The van der Waals surface area contributed by atoms with E-state index < -0.39 is 0 Å². The summed E-state index contributed by atoms with van der Waals surface area (Å²) in [5.74, 6) is 0.543. The summed E-state index contributed by atoms with van der Waals surface area (Å²) in [4.78, 5) is 4.53. The van der Waals surface area contributed by atoms with Crippen LogP contribution in [0.1, 0.15) is 68.7 Å². The molecule has 0 saturated heterocycles. The summed E-state index contributed by atoms with van der Waals surface area (Å²) in [7, 11) is 0. The van der Waals surface area contributed by atoms with Gasteiger partial charge >= 0.3 is 0 Å². The molecule has 0 aromatic carbocycles. The lowest BCUT2D eigenvalue weighted by molar-refractivity contribution is 0.291. The maximum Gasteiger partial charge on any atom is 0.231 e. The minimum atomic E-state index is 0.543. The van der Waals surface area contributed by atoms with Gasteiger partial charge in [-0.3, -0.25) is 0 Å². The molecule has 0 amide bonds. The first kappa shape index (κ1) is 14.8. The number of hydrogen-bond acceptors (Lipinski definition) is 3. The molecule has 0 unspecified atom stereocenters. The molecule has 20 heavy (non-hydrogen) atoms. The van der Waals surface area contributed by atoms with E-state index in [9.17, 15) is 5.26 Å². The molecule has 0 fully saturated rings. The second-order valence-electron chi connectivity index (χ2n) is 5.53. The molecule has 1 aliphatic rings. The molecule has 1 heterocycles. The van der Waals surface area contributed by atoms with Crippen LogP contribution in [0.5, 0.6) is 5.88 Å².